The number of likely N-dealkylation sites (N-methyl/N-ethyl adjacent to an activating group) is 1. The van der Waals surface area contributed by atoms with Crippen LogP contribution in [-0.2, 0) is 16.1 Å². The predicted molar refractivity (Wildman–Crippen MR) is 106 cm³/mol. The number of carbonyl (C=O) groups excluding carboxylic acids is 2. The van der Waals surface area contributed by atoms with Crippen LogP contribution in [0.15, 0.2) is 54.6 Å². The first-order valence-corrected chi connectivity index (χ1v) is 8.92. The Morgan fingerprint density at radius 1 is 1.15 bits per heavy atom. The highest BCUT2D eigenvalue weighted by Crippen LogP contribution is 2.23. The lowest BCUT2D eigenvalue weighted by Gasteiger charge is -2.23. The number of benzene rings is 2. The van der Waals surface area contributed by atoms with Crippen LogP contribution in [-0.4, -0.2) is 39.8 Å². The maximum absolute atomic E-state index is 12.6. The molecule has 0 aliphatic carbocycles. The summed E-state index contributed by atoms with van der Waals surface area (Å²) in [5, 5.41) is 3.88. The molecule has 1 N–H and O–H groups in total. The Kier molecular flexibility index (Phi) is 5.54. The molecule has 1 heterocycles. The topological polar surface area (TPSA) is 52.7 Å². The lowest BCUT2D eigenvalue weighted by molar-refractivity contribution is -0.130. The Bertz CT molecular complexity index is 826. The van der Waals surface area contributed by atoms with Gasteiger partial charge in [0.15, 0.2) is 5.11 Å². The summed E-state index contributed by atoms with van der Waals surface area (Å²) in [5.41, 5.74) is 1.66. The van der Waals surface area contributed by atoms with E-state index in [1.807, 2.05) is 30.3 Å². The summed E-state index contributed by atoms with van der Waals surface area (Å²) < 4.78 is 0. The monoisotopic (exact) mass is 387 g/mol. The Morgan fingerprint density at radius 3 is 2.46 bits per heavy atom. The summed E-state index contributed by atoms with van der Waals surface area (Å²) >= 11 is 11.3. The molecule has 1 aliphatic rings. The Labute approximate surface area is 162 Å². The van der Waals surface area contributed by atoms with Gasteiger partial charge in [0.1, 0.15) is 6.04 Å². The summed E-state index contributed by atoms with van der Waals surface area (Å²) in [5.74, 6) is -0.402. The van der Waals surface area contributed by atoms with Crippen molar-refractivity contribution in [2.24, 2.45) is 0 Å². The van der Waals surface area contributed by atoms with E-state index >= 15 is 0 Å². The molecule has 2 aromatic rings. The lowest BCUT2D eigenvalue weighted by atomic mass is 10.1. The number of nitrogens with zero attached hydrogens (tertiary/aromatic N) is 2. The van der Waals surface area contributed by atoms with Gasteiger partial charge >= 0.3 is 0 Å². The first kappa shape index (κ1) is 18.4. The zero-order chi connectivity index (χ0) is 18.7. The van der Waals surface area contributed by atoms with Crippen LogP contribution in [0.3, 0.4) is 0 Å². The number of carbonyl (C=O) groups is 2. The molecule has 0 radical (unpaired) electrons. The average Bonchev–Trinajstić information content (AvgIpc) is 2.82. The highest BCUT2D eigenvalue weighted by Gasteiger charge is 2.41. The summed E-state index contributed by atoms with van der Waals surface area (Å²) in [6.45, 7) is 0.440. The molecule has 0 bridgehead atoms. The van der Waals surface area contributed by atoms with E-state index < -0.39 is 6.04 Å². The molecule has 1 saturated heterocycles. The number of halogens is 1. The molecule has 1 aliphatic heterocycles. The number of amides is 2. The van der Waals surface area contributed by atoms with Gasteiger partial charge in [0.05, 0.1) is 6.42 Å². The van der Waals surface area contributed by atoms with Crippen LogP contribution in [0.2, 0.25) is 5.02 Å². The van der Waals surface area contributed by atoms with Gasteiger partial charge in [-0.05, 0) is 42.0 Å². The first-order chi connectivity index (χ1) is 12.5. The maximum atomic E-state index is 12.6. The fourth-order valence-electron chi connectivity index (χ4n) is 2.85. The molecule has 3 rings (SSSR count). The zero-order valence-corrected chi connectivity index (χ0v) is 15.8. The van der Waals surface area contributed by atoms with Gasteiger partial charge in [0.25, 0.3) is 5.91 Å². The van der Waals surface area contributed by atoms with E-state index in [2.05, 4.69) is 5.32 Å². The SMILES string of the molecule is CN1C(=O)[C@H](CC(=O)Nc2ccccc2)N(Cc2ccc(Cl)cc2)C1=S. The summed E-state index contributed by atoms with van der Waals surface area (Å²) in [6, 6.07) is 15.9. The number of hydrogen-bond acceptors (Lipinski definition) is 3. The minimum atomic E-state index is -0.619. The standard InChI is InChI=1S/C19H18ClN3O2S/c1-22-18(25)16(11-17(24)21-15-5-3-2-4-6-15)23(19(22)26)12-13-7-9-14(20)10-8-13/h2-10,16H,11-12H2,1H3,(H,21,24)/t16-/m0/s1. The van der Waals surface area contributed by atoms with E-state index in [0.717, 1.165) is 5.56 Å². The number of hydrogen-bond donors (Lipinski definition) is 1. The van der Waals surface area contributed by atoms with Gasteiger partial charge in [-0.2, -0.15) is 0 Å². The molecule has 1 atom stereocenters. The number of thiocarbonyl (C=S) groups is 1. The second-order valence-corrected chi connectivity index (χ2v) is 6.87. The minimum Gasteiger partial charge on any atom is -0.332 e. The van der Waals surface area contributed by atoms with E-state index in [9.17, 15) is 9.59 Å². The van der Waals surface area contributed by atoms with Crippen molar-refractivity contribution in [1.29, 1.82) is 0 Å². The van der Waals surface area contributed by atoms with Gasteiger partial charge in [-0.3, -0.25) is 14.5 Å². The highest BCUT2D eigenvalue weighted by molar-refractivity contribution is 7.80. The average molecular weight is 388 g/mol. The predicted octanol–water partition coefficient (Wildman–Crippen LogP) is 3.30. The molecule has 134 valence electrons. The fraction of sp³-hybridized carbons (Fsp3) is 0.211. The van der Waals surface area contributed by atoms with Crippen LogP contribution in [0.25, 0.3) is 0 Å². The molecule has 2 aromatic carbocycles. The molecule has 0 spiro atoms. The summed E-state index contributed by atoms with van der Waals surface area (Å²) in [6.07, 6.45) is 0.0335. The van der Waals surface area contributed by atoms with Crippen LogP contribution >= 0.6 is 23.8 Å². The second-order valence-electron chi connectivity index (χ2n) is 6.07. The first-order valence-electron chi connectivity index (χ1n) is 8.13. The van der Waals surface area contributed by atoms with Crippen molar-refractivity contribution in [3.05, 3.63) is 65.2 Å². The van der Waals surface area contributed by atoms with E-state index in [-0.39, 0.29) is 18.2 Å². The second kappa shape index (κ2) is 7.85. The Morgan fingerprint density at radius 2 is 1.81 bits per heavy atom. The van der Waals surface area contributed by atoms with Crippen molar-refractivity contribution in [1.82, 2.24) is 9.80 Å². The number of para-hydroxylation sites is 1. The van der Waals surface area contributed by atoms with Crippen LogP contribution < -0.4 is 5.32 Å². The maximum Gasteiger partial charge on any atom is 0.251 e. The third kappa shape index (κ3) is 4.03. The molecule has 1 fully saturated rings. The van der Waals surface area contributed by atoms with Crippen molar-refractivity contribution in [3.8, 4) is 0 Å². The molecule has 0 saturated carbocycles. The van der Waals surface area contributed by atoms with Crippen LogP contribution in [0, 0.1) is 0 Å². The van der Waals surface area contributed by atoms with E-state index in [4.69, 9.17) is 23.8 Å². The van der Waals surface area contributed by atoms with Gasteiger partial charge in [-0.1, -0.05) is 41.9 Å². The normalized spacial score (nSPS) is 16.9. The van der Waals surface area contributed by atoms with Crippen molar-refractivity contribution >= 4 is 46.4 Å². The van der Waals surface area contributed by atoms with Crippen molar-refractivity contribution in [2.75, 3.05) is 12.4 Å². The van der Waals surface area contributed by atoms with Gasteiger partial charge < -0.3 is 10.2 Å². The summed E-state index contributed by atoms with van der Waals surface area (Å²) in [7, 11) is 1.63. The van der Waals surface area contributed by atoms with Crippen molar-refractivity contribution in [2.45, 2.75) is 19.0 Å². The number of nitrogens with one attached hydrogen (secondary N) is 1. The molecule has 0 aromatic heterocycles. The van der Waals surface area contributed by atoms with Crippen molar-refractivity contribution < 1.29 is 9.59 Å². The lowest BCUT2D eigenvalue weighted by Crippen LogP contribution is -2.37. The van der Waals surface area contributed by atoms with Crippen LogP contribution in [0.1, 0.15) is 12.0 Å². The zero-order valence-electron chi connectivity index (χ0n) is 14.2. The molecule has 26 heavy (non-hydrogen) atoms. The molecule has 7 heteroatoms. The van der Waals surface area contributed by atoms with E-state index in [1.165, 1.54) is 4.90 Å². The van der Waals surface area contributed by atoms with Gasteiger partial charge in [-0.15, -0.1) is 0 Å². The van der Waals surface area contributed by atoms with E-state index in [0.29, 0.717) is 22.4 Å². The minimum absolute atomic E-state index is 0.0335. The number of anilines is 1. The van der Waals surface area contributed by atoms with Gasteiger partial charge in [0, 0.05) is 24.3 Å². The van der Waals surface area contributed by atoms with Gasteiger partial charge in [0.2, 0.25) is 5.91 Å². The fourth-order valence-corrected chi connectivity index (χ4v) is 3.26. The third-order valence-corrected chi connectivity index (χ3v) is 4.99. The molecule has 0 unspecified atom stereocenters. The molecular weight excluding hydrogens is 370 g/mol. The molecule has 5 nitrogen and oxygen atoms in total. The third-order valence-electron chi connectivity index (χ3n) is 4.23. The molecular formula is C19H18ClN3O2S. The Balaban J connectivity index is 1.73. The van der Waals surface area contributed by atoms with Crippen LogP contribution in [0.5, 0.6) is 0 Å². The smallest absolute Gasteiger partial charge is 0.251 e. The number of rotatable bonds is 5. The summed E-state index contributed by atoms with van der Waals surface area (Å²) in [4.78, 5) is 28.2. The Hall–Kier alpha value is -2.44. The van der Waals surface area contributed by atoms with Gasteiger partial charge in [-0.25, -0.2) is 0 Å². The highest BCUT2D eigenvalue weighted by atomic mass is 35.5. The largest absolute Gasteiger partial charge is 0.332 e. The van der Waals surface area contributed by atoms with Crippen molar-refractivity contribution in [3.63, 3.8) is 0 Å². The molecule has 2 amide bonds. The van der Waals surface area contributed by atoms with Crippen LogP contribution in [0.4, 0.5) is 5.69 Å². The quantitative estimate of drug-likeness (QED) is 0.800. The van der Waals surface area contributed by atoms with E-state index in [1.54, 1.807) is 36.2 Å².